The molecule has 160 valence electrons. The van der Waals surface area contributed by atoms with Crippen molar-refractivity contribution in [2.45, 2.75) is 44.9 Å². The predicted octanol–water partition coefficient (Wildman–Crippen LogP) is 3.39. The molecule has 0 saturated heterocycles. The molecule has 0 saturated carbocycles. The van der Waals surface area contributed by atoms with Gasteiger partial charge in [0.2, 0.25) is 0 Å². The first-order valence-electron chi connectivity index (χ1n) is 9.39. The number of aromatic amines is 2. The summed E-state index contributed by atoms with van der Waals surface area (Å²) in [5.74, 6) is -2.76. The highest BCUT2D eigenvalue weighted by Gasteiger charge is 2.38. The van der Waals surface area contributed by atoms with Crippen LogP contribution in [-0.2, 0) is 24.2 Å². The third kappa shape index (κ3) is 5.47. The summed E-state index contributed by atoms with van der Waals surface area (Å²) in [4.78, 5) is 8.90. The van der Waals surface area contributed by atoms with Crippen molar-refractivity contribution >= 4 is 5.97 Å². The van der Waals surface area contributed by atoms with Crippen LogP contribution in [0.25, 0.3) is 11.3 Å². The minimum absolute atomic E-state index is 0.501. The van der Waals surface area contributed by atoms with Crippen LogP contribution in [0, 0.1) is 6.92 Å². The number of hydrogen-bond acceptors (Lipinski definition) is 4. The maximum Gasteiger partial charge on any atom is 0.490 e. The van der Waals surface area contributed by atoms with Crippen LogP contribution in [0.1, 0.15) is 28.9 Å². The lowest BCUT2D eigenvalue weighted by Crippen LogP contribution is -2.34. The van der Waals surface area contributed by atoms with Crippen molar-refractivity contribution in [2.24, 2.45) is 0 Å². The van der Waals surface area contributed by atoms with Crippen LogP contribution in [0.5, 0.6) is 0 Å². The van der Waals surface area contributed by atoms with Crippen molar-refractivity contribution in [3.05, 3.63) is 59.0 Å². The van der Waals surface area contributed by atoms with Gasteiger partial charge in [0.25, 0.3) is 0 Å². The Labute approximate surface area is 170 Å². The molecule has 30 heavy (non-hydrogen) atoms. The maximum absolute atomic E-state index is 10.6. The first kappa shape index (κ1) is 21.6. The Balaban J connectivity index is 0.000000318. The number of aromatic nitrogens is 4. The Kier molecular flexibility index (Phi) is 6.56. The molecule has 7 nitrogen and oxygen atoms in total. The highest BCUT2D eigenvalue weighted by atomic mass is 19.4. The predicted molar refractivity (Wildman–Crippen MR) is 104 cm³/mol. The monoisotopic (exact) mass is 421 g/mol. The first-order valence-corrected chi connectivity index (χ1v) is 9.39. The molecule has 0 aliphatic heterocycles. The summed E-state index contributed by atoms with van der Waals surface area (Å²) < 4.78 is 31.7. The van der Waals surface area contributed by atoms with Gasteiger partial charge in [-0.05, 0) is 48.6 Å². The second kappa shape index (κ2) is 9.12. The van der Waals surface area contributed by atoms with Gasteiger partial charge in [-0.2, -0.15) is 23.4 Å². The van der Waals surface area contributed by atoms with Gasteiger partial charge in [0.15, 0.2) is 0 Å². The standard InChI is InChI=1S/C18H21N5.C2HF3O2/c1-12-16-6-5-15(10-18(16)23-21-12)19-11-13-3-2-4-14(9-13)17-7-8-20-22-17;3-2(4,5)1(6)7/h2-4,7-9,15,19H,5-6,10-11H2,1H3,(H,20,22)(H,21,23);(H,6,7). The van der Waals surface area contributed by atoms with Crippen LogP contribution in [0.2, 0.25) is 0 Å². The largest absolute Gasteiger partial charge is 0.490 e. The minimum Gasteiger partial charge on any atom is -0.475 e. The van der Waals surface area contributed by atoms with E-state index in [2.05, 4.69) is 56.9 Å². The van der Waals surface area contributed by atoms with Gasteiger partial charge in [0.1, 0.15) is 0 Å². The van der Waals surface area contributed by atoms with E-state index >= 15 is 0 Å². The molecule has 1 atom stereocenters. The molecular weight excluding hydrogens is 399 g/mol. The van der Waals surface area contributed by atoms with Gasteiger partial charge in [-0.25, -0.2) is 4.79 Å². The molecule has 3 aromatic rings. The number of aliphatic carboxylic acids is 1. The normalized spacial score (nSPS) is 15.8. The Morgan fingerprint density at radius 1 is 1.30 bits per heavy atom. The van der Waals surface area contributed by atoms with Gasteiger partial charge >= 0.3 is 12.1 Å². The smallest absolute Gasteiger partial charge is 0.475 e. The first-order chi connectivity index (χ1) is 14.2. The van der Waals surface area contributed by atoms with Gasteiger partial charge in [0, 0.05) is 30.9 Å². The van der Waals surface area contributed by atoms with Crippen LogP contribution in [0.4, 0.5) is 13.2 Å². The number of carbonyl (C=O) groups is 1. The number of benzene rings is 1. The van der Waals surface area contributed by atoms with E-state index in [1.807, 2.05) is 6.07 Å². The molecular formula is C20H22F3N5O2. The van der Waals surface area contributed by atoms with Crippen LogP contribution in [0.15, 0.2) is 36.5 Å². The number of carboxylic acid groups (broad SMARTS) is 1. The van der Waals surface area contributed by atoms with E-state index in [-0.39, 0.29) is 0 Å². The fourth-order valence-corrected chi connectivity index (χ4v) is 3.36. The lowest BCUT2D eigenvalue weighted by atomic mass is 9.92. The Hall–Kier alpha value is -3.14. The number of alkyl halides is 3. The number of rotatable bonds is 4. The number of aryl methyl sites for hydroxylation is 1. The summed E-state index contributed by atoms with van der Waals surface area (Å²) in [6.07, 6.45) is 0.00276. The second-order valence-electron chi connectivity index (χ2n) is 7.07. The van der Waals surface area contributed by atoms with Gasteiger partial charge in [-0.3, -0.25) is 10.2 Å². The van der Waals surface area contributed by atoms with Crippen molar-refractivity contribution in [1.29, 1.82) is 0 Å². The van der Waals surface area contributed by atoms with E-state index < -0.39 is 12.1 Å². The molecule has 0 fully saturated rings. The van der Waals surface area contributed by atoms with E-state index in [9.17, 15) is 13.2 Å². The number of halogens is 3. The van der Waals surface area contributed by atoms with Crippen LogP contribution in [0.3, 0.4) is 0 Å². The van der Waals surface area contributed by atoms with Gasteiger partial charge in [0.05, 0.1) is 11.4 Å². The zero-order valence-corrected chi connectivity index (χ0v) is 16.3. The summed E-state index contributed by atoms with van der Waals surface area (Å²) in [7, 11) is 0. The van der Waals surface area contributed by atoms with Crippen LogP contribution in [-0.4, -0.2) is 43.7 Å². The molecule has 0 amide bonds. The topological polar surface area (TPSA) is 107 Å². The summed E-state index contributed by atoms with van der Waals surface area (Å²) in [5.41, 5.74) is 7.41. The molecule has 1 aliphatic rings. The average molecular weight is 421 g/mol. The molecule has 0 bridgehead atoms. The SMILES string of the molecule is Cc1[nH]nc2c1CCC(NCc1cccc(-c3ccn[nH]3)c1)C2.O=C(O)C(F)(F)F. The van der Waals surface area contributed by atoms with E-state index in [0.717, 1.165) is 25.1 Å². The lowest BCUT2D eigenvalue weighted by Gasteiger charge is -2.23. The molecule has 1 unspecified atom stereocenters. The van der Waals surface area contributed by atoms with Crippen molar-refractivity contribution in [3.8, 4) is 11.3 Å². The number of carboxylic acids is 1. The fourth-order valence-electron chi connectivity index (χ4n) is 3.36. The highest BCUT2D eigenvalue weighted by molar-refractivity contribution is 5.73. The van der Waals surface area contributed by atoms with E-state index in [4.69, 9.17) is 9.90 Å². The summed E-state index contributed by atoms with van der Waals surface area (Å²) in [6.45, 7) is 2.99. The van der Waals surface area contributed by atoms with Gasteiger partial charge in [-0.1, -0.05) is 18.2 Å². The third-order valence-electron chi connectivity index (χ3n) is 4.92. The summed E-state index contributed by atoms with van der Waals surface area (Å²) >= 11 is 0. The number of fused-ring (bicyclic) bond motifs is 1. The molecule has 2 heterocycles. The highest BCUT2D eigenvalue weighted by Crippen LogP contribution is 2.23. The Bertz CT molecular complexity index is 983. The van der Waals surface area contributed by atoms with Crippen molar-refractivity contribution in [3.63, 3.8) is 0 Å². The van der Waals surface area contributed by atoms with Crippen molar-refractivity contribution in [1.82, 2.24) is 25.7 Å². The van der Waals surface area contributed by atoms with Gasteiger partial charge in [-0.15, -0.1) is 0 Å². The van der Waals surface area contributed by atoms with Gasteiger partial charge < -0.3 is 10.4 Å². The molecule has 10 heteroatoms. The number of nitrogens with one attached hydrogen (secondary N) is 3. The number of nitrogens with zero attached hydrogens (tertiary/aromatic N) is 2. The molecule has 1 aromatic carbocycles. The van der Waals surface area contributed by atoms with E-state index in [1.54, 1.807) is 6.20 Å². The van der Waals surface area contributed by atoms with E-state index in [0.29, 0.717) is 6.04 Å². The van der Waals surface area contributed by atoms with Crippen molar-refractivity contribution in [2.75, 3.05) is 0 Å². The number of H-pyrrole nitrogens is 2. The Morgan fingerprint density at radius 2 is 2.07 bits per heavy atom. The second-order valence-corrected chi connectivity index (χ2v) is 7.07. The fraction of sp³-hybridized carbons (Fsp3) is 0.350. The third-order valence-corrected chi connectivity index (χ3v) is 4.92. The summed E-state index contributed by atoms with van der Waals surface area (Å²) in [6, 6.07) is 11.1. The average Bonchev–Trinajstić information content (AvgIpc) is 3.37. The zero-order chi connectivity index (χ0) is 21.7. The lowest BCUT2D eigenvalue weighted by molar-refractivity contribution is -0.192. The molecule has 0 spiro atoms. The zero-order valence-electron chi connectivity index (χ0n) is 16.3. The molecule has 2 aromatic heterocycles. The van der Waals surface area contributed by atoms with Crippen molar-refractivity contribution < 1.29 is 23.1 Å². The molecule has 1 aliphatic carbocycles. The molecule has 4 rings (SSSR count). The maximum atomic E-state index is 10.6. The van der Waals surface area contributed by atoms with Crippen LogP contribution >= 0.6 is 0 Å². The summed E-state index contributed by atoms with van der Waals surface area (Å²) in [5, 5.41) is 25.4. The quantitative estimate of drug-likeness (QED) is 0.517. The molecule has 0 radical (unpaired) electrons. The van der Waals surface area contributed by atoms with E-state index in [1.165, 1.54) is 34.5 Å². The minimum atomic E-state index is -5.08. The number of hydrogen-bond donors (Lipinski definition) is 4. The Morgan fingerprint density at radius 3 is 2.73 bits per heavy atom. The molecule has 4 N–H and O–H groups in total. The van der Waals surface area contributed by atoms with Crippen LogP contribution < -0.4 is 5.32 Å².